The van der Waals surface area contributed by atoms with E-state index in [1.54, 1.807) is 0 Å². The third-order valence-electron chi connectivity index (χ3n) is 4.31. The number of benzene rings is 1. The molecule has 0 spiro atoms. The second kappa shape index (κ2) is 18.4. The molecule has 1 aliphatic rings. The Morgan fingerprint density at radius 1 is 1.03 bits per heavy atom. The van der Waals surface area contributed by atoms with Crippen molar-refractivity contribution in [1.29, 1.82) is 0 Å². The van der Waals surface area contributed by atoms with Crippen LogP contribution in [0.2, 0.25) is 5.02 Å². The number of hydrogen-bond acceptors (Lipinski definition) is 8. The highest BCUT2D eigenvalue weighted by molar-refractivity contribution is 6.30. The second-order valence-electron chi connectivity index (χ2n) is 7.22. The first kappa shape index (κ1) is 32.1. The number of carboxylic acids is 4. The molecule has 1 saturated heterocycles. The topological polar surface area (TPSA) is 197 Å². The number of nitrogens with zero attached hydrogens (tertiary/aromatic N) is 1. The van der Waals surface area contributed by atoms with Gasteiger partial charge in [-0.25, -0.2) is 0 Å². The Balaban J connectivity index is 0.000000601. The van der Waals surface area contributed by atoms with Gasteiger partial charge >= 0.3 is 23.9 Å². The lowest BCUT2D eigenvalue weighted by atomic mass is 10.1. The molecule has 198 valence electrons. The molecule has 1 heterocycles. The van der Waals surface area contributed by atoms with Gasteiger partial charge in [-0.2, -0.15) is 0 Å². The Kier molecular flexibility index (Phi) is 16.9. The Hall–Kier alpha value is -2.93. The maximum atomic E-state index is 9.64. The molecule has 1 fully saturated rings. The maximum absolute atomic E-state index is 9.64. The van der Waals surface area contributed by atoms with Crippen LogP contribution in [0.1, 0.15) is 38.2 Å². The molecule has 2 rings (SSSR count). The van der Waals surface area contributed by atoms with Crippen molar-refractivity contribution in [2.45, 2.75) is 45.3 Å². The summed E-state index contributed by atoms with van der Waals surface area (Å²) in [6.45, 7) is 6.51. The number of halogens is 1. The molecule has 0 aliphatic carbocycles. The molecule has 1 unspecified atom stereocenters. The molecule has 13 heteroatoms. The van der Waals surface area contributed by atoms with Gasteiger partial charge in [0.1, 0.15) is 5.75 Å². The standard InChI is InChI=1S/C14H21ClN2O2.2C4H6O4/c1-2-18-14-4-3-12(15)7-11(14)9-17-5-6-19-13(8-16)10-17;2*5-3(6)1-2-4(7)8/h3-4,7,13H,2,5-6,8-10,16H2,1H3;2*1-2H2,(H,5,6)(H,7,8). The highest BCUT2D eigenvalue weighted by Gasteiger charge is 2.20. The molecule has 1 aliphatic heterocycles. The highest BCUT2D eigenvalue weighted by atomic mass is 35.5. The van der Waals surface area contributed by atoms with Gasteiger partial charge < -0.3 is 35.6 Å². The van der Waals surface area contributed by atoms with Crippen LogP contribution in [0.25, 0.3) is 0 Å². The quantitative estimate of drug-likeness (QED) is 0.284. The van der Waals surface area contributed by atoms with Crippen LogP contribution in [-0.4, -0.2) is 88.2 Å². The minimum Gasteiger partial charge on any atom is -0.494 e. The summed E-state index contributed by atoms with van der Waals surface area (Å²) in [4.78, 5) is 40.9. The van der Waals surface area contributed by atoms with E-state index >= 15 is 0 Å². The van der Waals surface area contributed by atoms with Crippen LogP contribution in [0.3, 0.4) is 0 Å². The van der Waals surface area contributed by atoms with Crippen molar-refractivity contribution in [3.05, 3.63) is 28.8 Å². The van der Waals surface area contributed by atoms with Crippen molar-refractivity contribution in [2.75, 3.05) is 32.8 Å². The molecule has 1 aromatic carbocycles. The zero-order chi connectivity index (χ0) is 26.8. The van der Waals surface area contributed by atoms with Gasteiger partial charge in [0, 0.05) is 36.8 Å². The predicted molar refractivity (Wildman–Crippen MR) is 126 cm³/mol. The van der Waals surface area contributed by atoms with Crippen LogP contribution in [0.4, 0.5) is 0 Å². The van der Waals surface area contributed by atoms with E-state index in [4.69, 9.17) is 47.2 Å². The summed E-state index contributed by atoms with van der Waals surface area (Å²) in [7, 11) is 0. The van der Waals surface area contributed by atoms with Gasteiger partial charge in [0.15, 0.2) is 0 Å². The van der Waals surface area contributed by atoms with Gasteiger partial charge in [-0.3, -0.25) is 24.1 Å². The van der Waals surface area contributed by atoms with Crippen LogP contribution in [-0.2, 0) is 30.5 Å². The number of nitrogens with two attached hydrogens (primary N) is 1. The van der Waals surface area contributed by atoms with E-state index in [1.165, 1.54) is 0 Å². The molecule has 0 saturated carbocycles. The highest BCUT2D eigenvalue weighted by Crippen LogP contribution is 2.25. The molecule has 1 aromatic rings. The van der Waals surface area contributed by atoms with Crippen LogP contribution < -0.4 is 10.5 Å². The normalized spacial score (nSPS) is 15.0. The molecule has 0 radical (unpaired) electrons. The molecule has 35 heavy (non-hydrogen) atoms. The van der Waals surface area contributed by atoms with Gasteiger partial charge in [0.2, 0.25) is 0 Å². The largest absolute Gasteiger partial charge is 0.494 e. The van der Waals surface area contributed by atoms with Crippen molar-refractivity contribution in [2.24, 2.45) is 5.73 Å². The summed E-state index contributed by atoms with van der Waals surface area (Å²) in [5.41, 5.74) is 6.78. The van der Waals surface area contributed by atoms with E-state index < -0.39 is 23.9 Å². The Morgan fingerprint density at radius 3 is 1.97 bits per heavy atom. The molecule has 12 nitrogen and oxygen atoms in total. The van der Waals surface area contributed by atoms with Crippen LogP contribution in [0, 0.1) is 0 Å². The molecular formula is C22H33ClN2O10. The third-order valence-corrected chi connectivity index (χ3v) is 4.54. The number of hydrogen-bond donors (Lipinski definition) is 5. The molecule has 1 atom stereocenters. The minimum absolute atomic E-state index is 0.128. The van der Waals surface area contributed by atoms with Crippen molar-refractivity contribution in [3.63, 3.8) is 0 Å². The molecule has 0 aromatic heterocycles. The summed E-state index contributed by atoms with van der Waals surface area (Å²) < 4.78 is 11.2. The first-order valence-electron chi connectivity index (χ1n) is 10.8. The number of aliphatic carboxylic acids is 4. The molecular weight excluding hydrogens is 488 g/mol. The summed E-state index contributed by atoms with van der Waals surface area (Å²) in [5.74, 6) is -3.40. The maximum Gasteiger partial charge on any atom is 0.303 e. The smallest absolute Gasteiger partial charge is 0.303 e. The van der Waals surface area contributed by atoms with Gasteiger partial charge in [0.25, 0.3) is 0 Å². The number of carbonyl (C=O) groups is 4. The second-order valence-corrected chi connectivity index (χ2v) is 7.66. The third kappa shape index (κ3) is 17.2. The van der Waals surface area contributed by atoms with Crippen molar-refractivity contribution < 1.29 is 49.1 Å². The van der Waals surface area contributed by atoms with Gasteiger partial charge in [-0.15, -0.1) is 0 Å². The number of morpholine rings is 1. The fourth-order valence-electron chi connectivity index (χ4n) is 2.70. The van der Waals surface area contributed by atoms with Gasteiger partial charge in [-0.05, 0) is 25.1 Å². The van der Waals surface area contributed by atoms with Gasteiger partial charge in [0.05, 0.1) is 45.0 Å². The van der Waals surface area contributed by atoms with E-state index in [2.05, 4.69) is 4.90 Å². The zero-order valence-electron chi connectivity index (χ0n) is 19.5. The summed E-state index contributed by atoms with van der Waals surface area (Å²) in [5, 5.41) is 32.3. The van der Waals surface area contributed by atoms with Crippen LogP contribution >= 0.6 is 11.6 Å². The lowest BCUT2D eigenvalue weighted by Crippen LogP contribution is -2.45. The first-order chi connectivity index (χ1) is 16.5. The minimum atomic E-state index is -1.08. The zero-order valence-corrected chi connectivity index (χ0v) is 20.3. The number of ether oxygens (including phenoxy) is 2. The number of carboxylic acid groups (broad SMARTS) is 4. The van der Waals surface area contributed by atoms with Crippen molar-refractivity contribution >= 4 is 35.5 Å². The molecule has 0 bridgehead atoms. The Labute approximate surface area is 208 Å². The lowest BCUT2D eigenvalue weighted by Gasteiger charge is -2.32. The number of rotatable bonds is 11. The van der Waals surface area contributed by atoms with Gasteiger partial charge in [-0.1, -0.05) is 11.6 Å². The summed E-state index contributed by atoms with van der Waals surface area (Å²) in [6, 6.07) is 5.76. The SMILES string of the molecule is CCOc1ccc(Cl)cc1CN1CCOC(CN)C1.O=C(O)CCC(=O)O.O=C(O)CCC(=O)O. The average molecular weight is 521 g/mol. The Bertz CT molecular complexity index is 765. The fraction of sp³-hybridized carbons (Fsp3) is 0.545. The Morgan fingerprint density at radius 2 is 1.54 bits per heavy atom. The van der Waals surface area contributed by atoms with E-state index in [1.807, 2.05) is 25.1 Å². The van der Waals surface area contributed by atoms with Crippen LogP contribution in [0.5, 0.6) is 5.75 Å². The summed E-state index contributed by atoms with van der Waals surface area (Å²) in [6.07, 6.45) is -1.06. The van der Waals surface area contributed by atoms with E-state index in [0.717, 1.165) is 42.6 Å². The van der Waals surface area contributed by atoms with E-state index in [9.17, 15) is 19.2 Å². The molecule has 0 amide bonds. The monoisotopic (exact) mass is 520 g/mol. The molecule has 6 N–H and O–H groups in total. The van der Waals surface area contributed by atoms with Crippen LogP contribution in [0.15, 0.2) is 18.2 Å². The predicted octanol–water partition coefficient (Wildman–Crippen LogP) is 1.77. The van der Waals surface area contributed by atoms with Crippen molar-refractivity contribution in [3.8, 4) is 5.75 Å². The van der Waals surface area contributed by atoms with Crippen molar-refractivity contribution in [1.82, 2.24) is 4.90 Å². The average Bonchev–Trinajstić information content (AvgIpc) is 2.79. The summed E-state index contributed by atoms with van der Waals surface area (Å²) >= 11 is 6.07. The van der Waals surface area contributed by atoms with E-state index in [-0.39, 0.29) is 31.8 Å². The first-order valence-corrected chi connectivity index (χ1v) is 11.2. The lowest BCUT2D eigenvalue weighted by molar-refractivity contribution is -0.143. The fourth-order valence-corrected chi connectivity index (χ4v) is 2.90. The van der Waals surface area contributed by atoms with E-state index in [0.29, 0.717) is 13.2 Å².